The fraction of sp³-hybridized carbons (Fsp3) is 0.485. The van der Waals surface area contributed by atoms with Crippen LogP contribution in [0, 0.1) is 0 Å². The second-order valence-corrected chi connectivity index (χ2v) is 13.2. The molecule has 1 fully saturated rings. The van der Waals surface area contributed by atoms with Crippen LogP contribution in [0.1, 0.15) is 77.1 Å². The standard InChI is InChI=1S/C33H34ClF6N3O4S/c1-3-4-8-26-31(47-22-17-27(48-19-22)33(38,39)40,12-6-14-43(26)29(44)28-24(32(35,36)37)7-5-13-41-28)30(45)42-15-11-20-16-21(34)9-10-23(20)25(42)18-46-2/h5,7,9-10,13,16-17,19,25-26H,3-4,6,8,11-12,14-15,18H2,1-2H3/t25?,26-,31+/m1/s1. The maximum atomic E-state index is 15.1. The van der Waals surface area contributed by atoms with Gasteiger partial charge in [-0.15, -0.1) is 11.3 Å². The van der Waals surface area contributed by atoms with Crippen molar-refractivity contribution in [1.29, 1.82) is 0 Å². The largest absolute Gasteiger partial charge is 0.474 e. The molecule has 1 unspecified atom stereocenters. The Hall–Kier alpha value is -3.36. The zero-order valence-electron chi connectivity index (χ0n) is 26.2. The van der Waals surface area contributed by atoms with Crippen LogP contribution in [0.25, 0.3) is 0 Å². The van der Waals surface area contributed by atoms with Crippen molar-refractivity contribution in [1.82, 2.24) is 14.8 Å². The molecule has 3 atom stereocenters. The second kappa shape index (κ2) is 14.2. The third kappa shape index (κ3) is 7.16. The van der Waals surface area contributed by atoms with Crippen molar-refractivity contribution >= 4 is 34.8 Å². The number of carbonyl (C=O) groups excluding carboxylic acids is 2. The van der Waals surface area contributed by atoms with Crippen molar-refractivity contribution in [2.75, 3.05) is 26.8 Å². The number of alkyl halides is 6. The first kappa shape index (κ1) is 35.9. The highest BCUT2D eigenvalue weighted by atomic mass is 35.5. The Labute approximate surface area is 282 Å². The number of pyridine rings is 1. The average molecular weight is 718 g/mol. The molecule has 2 aromatic heterocycles. The minimum Gasteiger partial charge on any atom is -0.474 e. The SMILES string of the molecule is CCCC[C@H]1N(C(=O)c2ncccc2C(F)(F)F)CCC[C@@]1(Oc1csc(C(F)(F)F)c1)C(=O)N1CCc2cc(Cl)ccc2C1COC. The van der Waals surface area contributed by atoms with Gasteiger partial charge in [-0.2, -0.15) is 26.3 Å². The number of nitrogens with zero attached hydrogens (tertiary/aromatic N) is 3. The molecule has 2 aliphatic rings. The predicted molar refractivity (Wildman–Crippen MR) is 167 cm³/mol. The van der Waals surface area contributed by atoms with Crippen molar-refractivity contribution in [2.45, 2.75) is 75.5 Å². The van der Waals surface area contributed by atoms with E-state index in [9.17, 15) is 31.1 Å². The molecule has 0 spiro atoms. The normalized spacial score (nSPS) is 21.6. The van der Waals surface area contributed by atoms with E-state index in [0.29, 0.717) is 35.6 Å². The first-order valence-electron chi connectivity index (χ1n) is 15.5. The van der Waals surface area contributed by atoms with Gasteiger partial charge >= 0.3 is 12.4 Å². The van der Waals surface area contributed by atoms with E-state index < -0.39 is 58.0 Å². The Bertz CT molecular complexity index is 1630. The molecule has 0 N–H and O–H groups in total. The van der Waals surface area contributed by atoms with E-state index in [1.165, 1.54) is 12.0 Å². The molecule has 48 heavy (non-hydrogen) atoms. The van der Waals surface area contributed by atoms with Gasteiger partial charge in [-0.3, -0.25) is 14.6 Å². The van der Waals surface area contributed by atoms with Gasteiger partial charge in [0.1, 0.15) is 16.3 Å². The lowest BCUT2D eigenvalue weighted by molar-refractivity contribution is -0.163. The fourth-order valence-electron chi connectivity index (χ4n) is 6.70. The molecule has 5 rings (SSSR count). The zero-order chi connectivity index (χ0) is 34.9. The summed E-state index contributed by atoms with van der Waals surface area (Å²) in [5.74, 6) is -1.86. The molecule has 15 heteroatoms. The van der Waals surface area contributed by atoms with Crippen molar-refractivity contribution in [3.8, 4) is 5.75 Å². The summed E-state index contributed by atoms with van der Waals surface area (Å²) in [5.41, 5.74) is -2.34. The zero-order valence-corrected chi connectivity index (χ0v) is 27.7. The molecule has 1 aromatic carbocycles. The number of likely N-dealkylation sites (tertiary alicyclic amines) is 1. The van der Waals surface area contributed by atoms with Gasteiger partial charge < -0.3 is 19.3 Å². The summed E-state index contributed by atoms with van der Waals surface area (Å²) in [6.45, 7) is 2.10. The first-order valence-corrected chi connectivity index (χ1v) is 16.7. The summed E-state index contributed by atoms with van der Waals surface area (Å²) in [4.78, 5) is 34.8. The van der Waals surface area contributed by atoms with Crippen LogP contribution in [0.3, 0.4) is 0 Å². The number of unbranched alkanes of at least 4 members (excludes halogenated alkanes) is 1. The lowest BCUT2D eigenvalue weighted by Crippen LogP contribution is -2.68. The van der Waals surface area contributed by atoms with E-state index in [4.69, 9.17) is 21.1 Å². The molecule has 0 radical (unpaired) electrons. The quantitative estimate of drug-likeness (QED) is 0.209. The van der Waals surface area contributed by atoms with Crippen LogP contribution in [0.4, 0.5) is 26.3 Å². The molecule has 260 valence electrons. The molecular formula is C33H34ClF6N3O4S. The Morgan fingerprint density at radius 3 is 2.52 bits per heavy atom. The van der Waals surface area contributed by atoms with Gasteiger partial charge in [-0.1, -0.05) is 37.4 Å². The summed E-state index contributed by atoms with van der Waals surface area (Å²) < 4.78 is 95.0. The molecule has 2 amide bonds. The van der Waals surface area contributed by atoms with Crippen LogP contribution in [-0.4, -0.2) is 65.0 Å². The lowest BCUT2D eigenvalue weighted by Gasteiger charge is -2.51. The Kier molecular flexibility index (Phi) is 10.7. The van der Waals surface area contributed by atoms with Gasteiger partial charge in [0.2, 0.25) is 5.60 Å². The number of thiophene rings is 1. The molecule has 0 bridgehead atoms. The topological polar surface area (TPSA) is 72.0 Å². The number of halogens is 7. The number of benzene rings is 1. The van der Waals surface area contributed by atoms with Gasteiger partial charge in [0, 0.05) is 49.3 Å². The Morgan fingerprint density at radius 1 is 1.08 bits per heavy atom. The number of ether oxygens (including phenoxy) is 2. The number of methoxy groups -OCH3 is 1. The maximum Gasteiger partial charge on any atom is 0.425 e. The van der Waals surface area contributed by atoms with Gasteiger partial charge in [0.05, 0.1) is 24.3 Å². The highest BCUT2D eigenvalue weighted by molar-refractivity contribution is 7.10. The first-order chi connectivity index (χ1) is 22.7. The monoisotopic (exact) mass is 717 g/mol. The number of rotatable bonds is 9. The summed E-state index contributed by atoms with van der Waals surface area (Å²) >= 11 is 6.64. The number of piperidine rings is 1. The van der Waals surface area contributed by atoms with Crippen LogP contribution < -0.4 is 4.74 Å². The van der Waals surface area contributed by atoms with E-state index >= 15 is 4.79 Å². The second-order valence-electron chi connectivity index (χ2n) is 11.9. The lowest BCUT2D eigenvalue weighted by atomic mass is 9.78. The highest BCUT2D eigenvalue weighted by Crippen LogP contribution is 2.44. The van der Waals surface area contributed by atoms with Crippen LogP contribution in [0.5, 0.6) is 5.75 Å². The summed E-state index contributed by atoms with van der Waals surface area (Å²) in [7, 11) is 1.47. The summed E-state index contributed by atoms with van der Waals surface area (Å²) in [6.07, 6.45) is -6.78. The van der Waals surface area contributed by atoms with Crippen LogP contribution in [0.15, 0.2) is 48.0 Å². The third-order valence-corrected chi connectivity index (χ3v) is 10.0. The molecule has 0 aliphatic carbocycles. The molecule has 4 heterocycles. The van der Waals surface area contributed by atoms with Gasteiger partial charge in [0.15, 0.2) is 0 Å². The number of hydrogen-bond donors (Lipinski definition) is 0. The van der Waals surface area contributed by atoms with E-state index in [-0.39, 0.29) is 44.7 Å². The molecule has 3 aromatic rings. The number of hydrogen-bond acceptors (Lipinski definition) is 6. The minimum atomic E-state index is -4.89. The van der Waals surface area contributed by atoms with E-state index in [1.54, 1.807) is 23.1 Å². The highest BCUT2D eigenvalue weighted by Gasteiger charge is 2.57. The third-order valence-electron chi connectivity index (χ3n) is 8.83. The van der Waals surface area contributed by atoms with Crippen molar-refractivity contribution in [3.63, 3.8) is 0 Å². The van der Waals surface area contributed by atoms with Crippen molar-refractivity contribution < 1.29 is 45.4 Å². The molecule has 0 saturated carbocycles. The summed E-state index contributed by atoms with van der Waals surface area (Å²) in [5, 5.41) is 1.66. The molecule has 2 aliphatic heterocycles. The number of amides is 2. The minimum absolute atomic E-state index is 0.000778. The van der Waals surface area contributed by atoms with Crippen molar-refractivity contribution in [3.05, 3.63) is 80.3 Å². The fourth-order valence-corrected chi connectivity index (χ4v) is 7.58. The molecular weight excluding hydrogens is 684 g/mol. The van der Waals surface area contributed by atoms with Crippen molar-refractivity contribution in [2.24, 2.45) is 0 Å². The van der Waals surface area contributed by atoms with Crippen LogP contribution in [0.2, 0.25) is 5.02 Å². The van der Waals surface area contributed by atoms with E-state index in [2.05, 4.69) is 4.98 Å². The van der Waals surface area contributed by atoms with Crippen LogP contribution >= 0.6 is 22.9 Å². The van der Waals surface area contributed by atoms with Crippen LogP contribution in [-0.2, 0) is 28.3 Å². The number of aromatic nitrogens is 1. The Balaban J connectivity index is 1.65. The Morgan fingerprint density at radius 2 is 1.85 bits per heavy atom. The predicted octanol–water partition coefficient (Wildman–Crippen LogP) is 8.22. The number of fused-ring (bicyclic) bond motifs is 1. The average Bonchev–Trinajstić information content (AvgIpc) is 3.52. The van der Waals surface area contributed by atoms with Gasteiger partial charge in [-0.25, -0.2) is 0 Å². The van der Waals surface area contributed by atoms with E-state index in [1.807, 2.05) is 6.92 Å². The smallest absolute Gasteiger partial charge is 0.425 e. The number of carbonyl (C=O) groups is 2. The van der Waals surface area contributed by atoms with E-state index in [0.717, 1.165) is 40.9 Å². The molecule has 1 saturated heterocycles. The summed E-state index contributed by atoms with van der Waals surface area (Å²) in [6, 6.07) is 6.13. The maximum absolute atomic E-state index is 15.1. The molecule has 7 nitrogen and oxygen atoms in total. The van der Waals surface area contributed by atoms with Gasteiger partial charge in [-0.05, 0) is 54.7 Å². The van der Waals surface area contributed by atoms with Gasteiger partial charge in [0.25, 0.3) is 11.8 Å².